The zero-order valence-corrected chi connectivity index (χ0v) is 32.3. The number of aromatic hydroxyl groups is 1. The van der Waals surface area contributed by atoms with Crippen molar-refractivity contribution in [2.75, 3.05) is 36.4 Å². The minimum absolute atomic E-state index is 0.0645. The van der Waals surface area contributed by atoms with Gasteiger partial charge in [0.25, 0.3) is 11.8 Å². The number of ether oxygens (including phenoxy) is 1. The molecule has 2 heterocycles. The number of phenols is 1. The van der Waals surface area contributed by atoms with E-state index in [4.69, 9.17) is 16.3 Å². The average molecular weight is 825 g/mol. The third kappa shape index (κ3) is 5.78. The molecule has 2 N–H and O–H groups in total. The molecule has 1 saturated carbocycles. The van der Waals surface area contributed by atoms with Gasteiger partial charge in [0.05, 0.1) is 51.5 Å². The van der Waals surface area contributed by atoms with E-state index in [-0.39, 0.29) is 47.0 Å². The van der Waals surface area contributed by atoms with Crippen LogP contribution in [0, 0.1) is 49.7 Å². The van der Waals surface area contributed by atoms with Gasteiger partial charge in [0.2, 0.25) is 11.8 Å². The van der Waals surface area contributed by atoms with Crippen molar-refractivity contribution in [3.8, 4) is 11.5 Å². The molecule has 8 rings (SSSR count). The van der Waals surface area contributed by atoms with Crippen LogP contribution < -0.4 is 20.0 Å². The predicted molar refractivity (Wildman–Crippen MR) is 210 cm³/mol. The van der Waals surface area contributed by atoms with E-state index in [1.807, 2.05) is 0 Å². The first-order valence-electron chi connectivity index (χ1n) is 18.4. The summed E-state index contributed by atoms with van der Waals surface area (Å²) < 4.78 is 19.7. The highest BCUT2D eigenvalue weighted by molar-refractivity contribution is 6.30. The Morgan fingerprint density at radius 3 is 2.15 bits per heavy atom. The van der Waals surface area contributed by atoms with Crippen molar-refractivity contribution < 1.29 is 43.3 Å². The Bertz CT molecular complexity index is 2500. The number of nitrogens with one attached hydrogen (secondary N) is 1. The van der Waals surface area contributed by atoms with E-state index >= 15 is 4.79 Å². The Hall–Kier alpha value is -6.88. The predicted octanol–water partition coefficient (Wildman–Crippen LogP) is 6.27. The van der Waals surface area contributed by atoms with Crippen LogP contribution in [0.25, 0.3) is 0 Å². The van der Waals surface area contributed by atoms with Crippen LogP contribution in [0.1, 0.15) is 29.9 Å². The normalized spacial score (nSPS) is 24.6. The number of nitrogens with zero attached hydrogens (tertiary/aromatic N) is 5. The minimum atomic E-state index is -1.83. The molecule has 6 atom stereocenters. The van der Waals surface area contributed by atoms with Gasteiger partial charge in [-0.3, -0.25) is 44.8 Å². The molecule has 0 spiro atoms. The first kappa shape index (κ1) is 39.0. The lowest BCUT2D eigenvalue weighted by atomic mass is 9.49. The lowest BCUT2D eigenvalue weighted by Crippen LogP contribution is -2.53. The number of carbonyl (C=O) groups is 4. The van der Waals surface area contributed by atoms with Gasteiger partial charge in [-0.15, -0.1) is 0 Å². The van der Waals surface area contributed by atoms with Crippen LogP contribution in [0.5, 0.6) is 11.5 Å². The fourth-order valence-corrected chi connectivity index (χ4v) is 9.81. The number of benzene rings is 4. The fraction of sp³-hybridized carbons (Fsp3) is 0.268. The summed E-state index contributed by atoms with van der Waals surface area (Å²) in [6.45, 7) is 0. The van der Waals surface area contributed by atoms with Gasteiger partial charge >= 0.3 is 11.4 Å². The Morgan fingerprint density at radius 1 is 0.915 bits per heavy atom. The molecule has 2 saturated heterocycles. The number of amides is 4. The summed E-state index contributed by atoms with van der Waals surface area (Å²) in [6.07, 6.45) is 1.49. The van der Waals surface area contributed by atoms with Gasteiger partial charge < -0.3 is 14.7 Å². The average Bonchev–Trinajstić information content (AvgIpc) is 3.58. The molecular formula is C41H34ClFN6O10. The fourth-order valence-electron chi connectivity index (χ4n) is 9.68. The number of nitro groups is 2. The van der Waals surface area contributed by atoms with Crippen LogP contribution in [-0.2, 0) is 24.6 Å². The second kappa shape index (κ2) is 14.2. The highest BCUT2D eigenvalue weighted by Crippen LogP contribution is 2.66. The van der Waals surface area contributed by atoms with E-state index in [1.165, 1.54) is 50.4 Å². The van der Waals surface area contributed by atoms with Crippen molar-refractivity contribution in [2.24, 2.45) is 23.7 Å². The summed E-state index contributed by atoms with van der Waals surface area (Å²) >= 11 is 6.35. The number of methoxy groups -OCH3 is 1. The molecule has 4 aromatic carbocycles. The number of hydrogen-bond acceptors (Lipinski definition) is 12. The number of hydrazine groups is 1. The van der Waals surface area contributed by atoms with E-state index in [0.29, 0.717) is 16.2 Å². The van der Waals surface area contributed by atoms with Crippen LogP contribution in [0.3, 0.4) is 0 Å². The molecule has 0 bridgehead atoms. The van der Waals surface area contributed by atoms with Crippen molar-refractivity contribution in [1.29, 1.82) is 0 Å². The first-order valence-corrected chi connectivity index (χ1v) is 18.7. The molecule has 0 aromatic heterocycles. The molecule has 302 valence electrons. The Labute approximate surface area is 339 Å². The summed E-state index contributed by atoms with van der Waals surface area (Å²) in [5, 5.41) is 37.4. The summed E-state index contributed by atoms with van der Waals surface area (Å²) in [6, 6.07) is 17.7. The van der Waals surface area contributed by atoms with E-state index < -0.39 is 85.7 Å². The first-order chi connectivity index (χ1) is 28.1. The van der Waals surface area contributed by atoms with Crippen LogP contribution in [0.4, 0.5) is 32.8 Å². The number of hydrogen-bond donors (Lipinski definition) is 2. The molecule has 3 fully saturated rings. The number of phenolic OH excluding ortho intramolecular Hbond substituents is 1. The maximum Gasteiger partial charge on any atom is 0.301 e. The van der Waals surface area contributed by atoms with Gasteiger partial charge in [-0.1, -0.05) is 41.4 Å². The van der Waals surface area contributed by atoms with Crippen molar-refractivity contribution in [3.63, 3.8) is 0 Å². The largest absolute Gasteiger partial charge is 0.508 e. The molecule has 59 heavy (non-hydrogen) atoms. The maximum atomic E-state index is 15.4. The number of anilines is 3. The standard InChI is InChI=1S/C41H34ClFN6O10/c1-45(2)36-29(48(55)56)17-24(18-30(36)49(57)58)46-37(51)26-16-15-25-27(33(26)39(46)53)19-28-38(52)47(44-23-13-11-22(43)12-14-23)40(54)41(28,20-7-9-21(42)10-8-20)35(25)34-31(50)5-4-6-32(34)59-3/h4-15,17-18,26-28,33,35,44,50H,16,19H2,1-3H3/t26-,27+,28-,33-,35+,41+/m0/s1. The maximum absolute atomic E-state index is 15.4. The minimum Gasteiger partial charge on any atom is -0.508 e. The summed E-state index contributed by atoms with van der Waals surface area (Å²) in [5.74, 6) is -9.36. The second-order valence-corrected chi connectivity index (χ2v) is 15.5. The highest BCUT2D eigenvalue weighted by atomic mass is 35.5. The Morgan fingerprint density at radius 2 is 1.56 bits per heavy atom. The van der Waals surface area contributed by atoms with Crippen molar-refractivity contribution in [2.45, 2.75) is 24.2 Å². The Kier molecular flexibility index (Phi) is 9.37. The van der Waals surface area contributed by atoms with Gasteiger partial charge in [0, 0.05) is 42.7 Å². The smallest absolute Gasteiger partial charge is 0.301 e. The lowest BCUT2D eigenvalue weighted by Gasteiger charge is -2.50. The number of nitro benzene ring substituents is 2. The molecule has 4 amide bonds. The number of carbonyl (C=O) groups excluding carboxylic acids is 4. The molecule has 2 aliphatic carbocycles. The number of allylic oxidation sites excluding steroid dienone is 2. The summed E-state index contributed by atoms with van der Waals surface area (Å²) in [4.78, 5) is 84.2. The van der Waals surface area contributed by atoms with E-state index in [1.54, 1.807) is 36.4 Å². The van der Waals surface area contributed by atoms with E-state index in [2.05, 4.69) is 5.43 Å². The van der Waals surface area contributed by atoms with Gasteiger partial charge in [-0.2, -0.15) is 5.01 Å². The summed E-state index contributed by atoms with van der Waals surface area (Å²) in [7, 11) is 4.14. The molecule has 2 aliphatic heterocycles. The van der Waals surface area contributed by atoms with Gasteiger partial charge in [-0.25, -0.2) is 9.29 Å². The molecule has 18 heteroatoms. The number of imide groups is 2. The number of fused-ring (bicyclic) bond motifs is 4. The van der Waals surface area contributed by atoms with Crippen LogP contribution >= 0.6 is 11.6 Å². The van der Waals surface area contributed by atoms with E-state index in [9.17, 15) is 44.1 Å². The second-order valence-electron chi connectivity index (χ2n) is 15.0. The van der Waals surface area contributed by atoms with Crippen molar-refractivity contribution >= 4 is 63.7 Å². The van der Waals surface area contributed by atoms with E-state index in [0.717, 1.165) is 34.2 Å². The number of rotatable bonds is 9. The van der Waals surface area contributed by atoms with Crippen LogP contribution in [0.15, 0.2) is 90.5 Å². The van der Waals surface area contributed by atoms with Crippen molar-refractivity contribution in [1.82, 2.24) is 5.01 Å². The molecule has 16 nitrogen and oxygen atoms in total. The zero-order chi connectivity index (χ0) is 42.2. The summed E-state index contributed by atoms with van der Waals surface area (Å²) in [5.41, 5.74) is 0.0524. The van der Waals surface area contributed by atoms with Gasteiger partial charge in [0.1, 0.15) is 17.3 Å². The lowest BCUT2D eigenvalue weighted by molar-refractivity contribution is -0.392. The third-order valence-electron chi connectivity index (χ3n) is 12.0. The molecule has 0 radical (unpaired) electrons. The zero-order valence-electron chi connectivity index (χ0n) is 31.5. The van der Waals surface area contributed by atoms with Gasteiger partial charge in [0.15, 0.2) is 5.69 Å². The quantitative estimate of drug-likeness (QED) is 0.0830. The highest BCUT2D eigenvalue weighted by Gasteiger charge is 2.71. The van der Waals surface area contributed by atoms with Crippen molar-refractivity contribution in [3.05, 3.63) is 133 Å². The monoisotopic (exact) mass is 824 g/mol. The Balaban J connectivity index is 1.33. The molecule has 4 aromatic rings. The van der Waals surface area contributed by atoms with Crippen LogP contribution in [0.2, 0.25) is 5.02 Å². The van der Waals surface area contributed by atoms with Gasteiger partial charge in [-0.05, 0) is 72.9 Å². The molecular weight excluding hydrogens is 791 g/mol. The topological polar surface area (TPSA) is 206 Å². The molecule has 0 unspecified atom stereocenters. The molecule has 4 aliphatic rings. The van der Waals surface area contributed by atoms with Crippen LogP contribution in [-0.4, -0.2) is 64.8 Å². The SMILES string of the molecule is COc1cccc(O)c1[C@H]1C2=CC[C@@H]3C(=O)N(c4cc([N+](=O)[O-])c(N(C)C)c([N+](=O)[O-])c4)C(=O)[C@@H]3[C@@H]2C[C@H]2C(=O)N(Nc3ccc(F)cc3)C(=O)[C@@]12c1ccc(Cl)cc1. The number of halogens is 2. The third-order valence-corrected chi connectivity index (χ3v) is 12.2.